The highest BCUT2D eigenvalue weighted by atomic mass is 16.2. The van der Waals surface area contributed by atoms with Gasteiger partial charge < -0.3 is 5.11 Å². The fourth-order valence-electron chi connectivity index (χ4n) is 1.52. The Morgan fingerprint density at radius 2 is 1.50 bits per heavy atom. The van der Waals surface area contributed by atoms with Crippen LogP contribution in [0.5, 0.6) is 0 Å². The second-order valence-electron chi connectivity index (χ2n) is 5.25. The third kappa shape index (κ3) is 11.5. The van der Waals surface area contributed by atoms with Crippen molar-refractivity contribution in [3.63, 3.8) is 0 Å². The van der Waals surface area contributed by atoms with E-state index in [2.05, 4.69) is 20.8 Å². The smallest absolute Gasteiger partial charge is 0.0751 e. The number of unbranched alkanes of at least 4 members (excludes halogenated alkanes) is 5. The Balaban J connectivity index is 3.07. The minimum atomic E-state index is 0.500. The van der Waals surface area contributed by atoms with Crippen molar-refractivity contribution in [2.75, 3.05) is 0 Å². The van der Waals surface area contributed by atoms with Crippen molar-refractivity contribution in [1.82, 2.24) is 0 Å². The Kier molecular flexibility index (Phi) is 7.64. The molecule has 0 amide bonds. The zero-order chi connectivity index (χ0) is 10.9. The predicted octanol–water partition coefficient (Wildman–Crippen LogP) is 4.83. The molecule has 84 valence electrons. The van der Waals surface area contributed by atoms with Crippen molar-refractivity contribution < 1.29 is 5.11 Å². The first-order valence-corrected chi connectivity index (χ1v) is 5.85. The van der Waals surface area contributed by atoms with Gasteiger partial charge in [-0.2, -0.15) is 0 Å². The zero-order valence-electron chi connectivity index (χ0n) is 10.1. The summed E-state index contributed by atoms with van der Waals surface area (Å²) >= 11 is 0. The minimum absolute atomic E-state index is 0.500. The van der Waals surface area contributed by atoms with Crippen LogP contribution in [0, 0.1) is 5.41 Å². The Hall–Kier alpha value is -0.460. The Bertz CT molecular complexity index is 142. The standard InChI is InChI=1S/C13H26O/c1-13(2,3)11-9-7-5-4-6-8-10-12-14/h10,12,14H,4-9,11H2,1-3H3. The summed E-state index contributed by atoms with van der Waals surface area (Å²) in [5.74, 6) is 0. The van der Waals surface area contributed by atoms with Gasteiger partial charge in [0, 0.05) is 0 Å². The maximum atomic E-state index is 8.42. The average molecular weight is 198 g/mol. The molecule has 0 saturated heterocycles. The molecule has 0 atom stereocenters. The van der Waals surface area contributed by atoms with Crippen LogP contribution < -0.4 is 0 Å². The van der Waals surface area contributed by atoms with Crippen molar-refractivity contribution in [2.24, 2.45) is 5.41 Å². The molecule has 0 aromatic rings. The Morgan fingerprint density at radius 1 is 0.929 bits per heavy atom. The number of rotatable bonds is 7. The molecular formula is C13H26O. The molecule has 0 aromatic carbocycles. The molecule has 0 heterocycles. The molecule has 0 aliphatic carbocycles. The van der Waals surface area contributed by atoms with Crippen molar-refractivity contribution in [3.05, 3.63) is 12.3 Å². The maximum absolute atomic E-state index is 8.42. The lowest BCUT2D eigenvalue weighted by molar-refractivity contribution is 0.356. The van der Waals surface area contributed by atoms with Crippen LogP contribution >= 0.6 is 0 Å². The molecule has 0 radical (unpaired) electrons. The second kappa shape index (κ2) is 7.90. The van der Waals surface area contributed by atoms with E-state index in [1.165, 1.54) is 38.5 Å². The van der Waals surface area contributed by atoms with Crippen molar-refractivity contribution >= 4 is 0 Å². The normalized spacial score (nSPS) is 12.5. The number of aliphatic hydroxyl groups excluding tert-OH is 1. The highest BCUT2D eigenvalue weighted by molar-refractivity contribution is 4.70. The van der Waals surface area contributed by atoms with E-state index in [9.17, 15) is 0 Å². The van der Waals surface area contributed by atoms with Crippen LogP contribution in [-0.2, 0) is 0 Å². The van der Waals surface area contributed by atoms with Gasteiger partial charge in [0.2, 0.25) is 0 Å². The molecule has 14 heavy (non-hydrogen) atoms. The number of hydrogen-bond acceptors (Lipinski definition) is 1. The van der Waals surface area contributed by atoms with Crippen LogP contribution in [0.3, 0.4) is 0 Å². The number of allylic oxidation sites excluding steroid dienone is 1. The van der Waals surface area contributed by atoms with Gasteiger partial charge in [0.05, 0.1) is 6.26 Å². The molecule has 0 aliphatic heterocycles. The van der Waals surface area contributed by atoms with Gasteiger partial charge in [-0.3, -0.25) is 0 Å². The SMILES string of the molecule is CC(C)(C)CCCCCCCC=CO. The van der Waals surface area contributed by atoms with Gasteiger partial charge in [0.15, 0.2) is 0 Å². The van der Waals surface area contributed by atoms with E-state index in [1.807, 2.05) is 6.08 Å². The fourth-order valence-corrected chi connectivity index (χ4v) is 1.52. The first kappa shape index (κ1) is 13.5. The van der Waals surface area contributed by atoms with Crippen molar-refractivity contribution in [2.45, 2.75) is 65.7 Å². The Morgan fingerprint density at radius 3 is 2.07 bits per heavy atom. The lowest BCUT2D eigenvalue weighted by atomic mass is 9.89. The third-order valence-corrected chi connectivity index (χ3v) is 2.40. The fraction of sp³-hybridized carbons (Fsp3) is 0.846. The molecule has 1 heteroatoms. The summed E-state index contributed by atoms with van der Waals surface area (Å²) < 4.78 is 0. The number of hydrogen-bond donors (Lipinski definition) is 1. The summed E-state index contributed by atoms with van der Waals surface area (Å²) in [7, 11) is 0. The molecule has 0 bridgehead atoms. The van der Waals surface area contributed by atoms with Gasteiger partial charge in [-0.1, -0.05) is 52.5 Å². The van der Waals surface area contributed by atoms with Crippen LogP contribution in [0.2, 0.25) is 0 Å². The van der Waals surface area contributed by atoms with E-state index in [4.69, 9.17) is 5.11 Å². The summed E-state index contributed by atoms with van der Waals surface area (Å²) in [6, 6.07) is 0. The van der Waals surface area contributed by atoms with Crippen LogP contribution in [0.4, 0.5) is 0 Å². The molecule has 0 spiro atoms. The molecule has 0 rings (SSSR count). The second-order valence-corrected chi connectivity index (χ2v) is 5.25. The molecule has 0 saturated carbocycles. The molecule has 0 fully saturated rings. The molecule has 1 N–H and O–H groups in total. The quantitative estimate of drug-likeness (QED) is 0.458. The summed E-state index contributed by atoms with van der Waals surface area (Å²) in [6.07, 6.45) is 11.9. The number of aliphatic hydroxyl groups is 1. The van der Waals surface area contributed by atoms with E-state index in [-0.39, 0.29) is 0 Å². The van der Waals surface area contributed by atoms with E-state index >= 15 is 0 Å². The molecule has 0 aliphatic rings. The largest absolute Gasteiger partial charge is 0.516 e. The third-order valence-electron chi connectivity index (χ3n) is 2.40. The van der Waals surface area contributed by atoms with E-state index in [0.717, 1.165) is 12.7 Å². The summed E-state index contributed by atoms with van der Waals surface area (Å²) in [5, 5.41) is 8.42. The summed E-state index contributed by atoms with van der Waals surface area (Å²) in [4.78, 5) is 0. The van der Waals surface area contributed by atoms with Gasteiger partial charge >= 0.3 is 0 Å². The first-order valence-electron chi connectivity index (χ1n) is 5.85. The lowest BCUT2D eigenvalue weighted by Crippen LogP contribution is -2.03. The maximum Gasteiger partial charge on any atom is 0.0751 e. The predicted molar refractivity (Wildman–Crippen MR) is 63.5 cm³/mol. The van der Waals surface area contributed by atoms with Crippen LogP contribution in [0.25, 0.3) is 0 Å². The van der Waals surface area contributed by atoms with Gasteiger partial charge in [0.1, 0.15) is 0 Å². The summed E-state index contributed by atoms with van der Waals surface area (Å²) in [6.45, 7) is 6.91. The molecular weight excluding hydrogens is 172 g/mol. The van der Waals surface area contributed by atoms with Gasteiger partial charge in [-0.15, -0.1) is 0 Å². The topological polar surface area (TPSA) is 20.2 Å². The molecule has 1 nitrogen and oxygen atoms in total. The zero-order valence-corrected chi connectivity index (χ0v) is 10.1. The van der Waals surface area contributed by atoms with Crippen LogP contribution in [0.15, 0.2) is 12.3 Å². The van der Waals surface area contributed by atoms with Crippen LogP contribution in [0.1, 0.15) is 65.7 Å². The van der Waals surface area contributed by atoms with Crippen LogP contribution in [-0.4, -0.2) is 5.11 Å². The van der Waals surface area contributed by atoms with E-state index in [0.29, 0.717) is 5.41 Å². The van der Waals surface area contributed by atoms with Crippen molar-refractivity contribution in [3.8, 4) is 0 Å². The average Bonchev–Trinajstić information content (AvgIpc) is 2.08. The minimum Gasteiger partial charge on any atom is -0.516 e. The van der Waals surface area contributed by atoms with Gasteiger partial charge in [0.25, 0.3) is 0 Å². The molecule has 0 unspecified atom stereocenters. The molecule has 0 aromatic heterocycles. The highest BCUT2D eigenvalue weighted by Gasteiger charge is 2.08. The highest BCUT2D eigenvalue weighted by Crippen LogP contribution is 2.22. The lowest BCUT2D eigenvalue weighted by Gasteiger charge is -2.17. The van der Waals surface area contributed by atoms with Crippen molar-refractivity contribution in [1.29, 1.82) is 0 Å². The Labute approximate surface area is 89.2 Å². The first-order chi connectivity index (χ1) is 6.56. The van der Waals surface area contributed by atoms with Gasteiger partial charge in [-0.05, 0) is 24.7 Å². The monoisotopic (exact) mass is 198 g/mol. The van der Waals surface area contributed by atoms with Gasteiger partial charge in [-0.25, -0.2) is 0 Å². The summed E-state index contributed by atoms with van der Waals surface area (Å²) in [5.41, 5.74) is 0.500. The van der Waals surface area contributed by atoms with E-state index < -0.39 is 0 Å². The van der Waals surface area contributed by atoms with E-state index in [1.54, 1.807) is 0 Å².